The third-order valence-corrected chi connectivity index (χ3v) is 4.52. The topological polar surface area (TPSA) is 70.7 Å². The van der Waals surface area contributed by atoms with Crippen LogP contribution < -0.4 is 10.6 Å². The number of nitrogens with one attached hydrogen (secondary N) is 2. The van der Waals surface area contributed by atoms with E-state index in [1.54, 1.807) is 12.1 Å². The molecule has 1 saturated heterocycles. The van der Waals surface area contributed by atoms with Crippen LogP contribution >= 0.6 is 15.9 Å². The Labute approximate surface area is 157 Å². The molecule has 138 valence electrons. The number of ether oxygens (including phenoxy) is 1. The maximum atomic E-state index is 11.9. The minimum absolute atomic E-state index is 0.0505. The number of hydrogen-bond donors (Lipinski definition) is 2. The van der Waals surface area contributed by atoms with E-state index in [1.807, 2.05) is 12.1 Å². The summed E-state index contributed by atoms with van der Waals surface area (Å²) >= 11 is 3.33. The van der Waals surface area contributed by atoms with Crippen LogP contribution in [0.5, 0.6) is 0 Å². The Morgan fingerprint density at radius 1 is 1.12 bits per heavy atom. The van der Waals surface area contributed by atoms with Gasteiger partial charge in [-0.1, -0.05) is 15.9 Å². The molecule has 2 rings (SSSR count). The number of amides is 2. The molecule has 1 aliphatic heterocycles. The monoisotopic (exact) mass is 411 g/mol. The molecule has 1 heterocycles. The number of benzene rings is 1. The highest BCUT2D eigenvalue weighted by Gasteiger charge is 2.21. The summed E-state index contributed by atoms with van der Waals surface area (Å²) in [6.07, 6.45) is 0.736. The number of carbonyl (C=O) groups excluding carboxylic acids is 2. The molecular formula is C18H26BrN3O3. The van der Waals surface area contributed by atoms with E-state index in [9.17, 15) is 9.59 Å². The summed E-state index contributed by atoms with van der Waals surface area (Å²) in [5.74, 6) is -0.220. The van der Waals surface area contributed by atoms with Gasteiger partial charge < -0.3 is 15.4 Å². The highest BCUT2D eigenvalue weighted by atomic mass is 79.9. The predicted octanol–water partition coefficient (Wildman–Crippen LogP) is 1.79. The molecule has 25 heavy (non-hydrogen) atoms. The molecule has 0 aliphatic carbocycles. The van der Waals surface area contributed by atoms with Gasteiger partial charge in [-0.25, -0.2) is 0 Å². The van der Waals surface area contributed by atoms with Crippen molar-refractivity contribution in [1.29, 1.82) is 0 Å². The van der Waals surface area contributed by atoms with Gasteiger partial charge in [-0.15, -0.1) is 0 Å². The summed E-state index contributed by atoms with van der Waals surface area (Å²) in [5, 5.41) is 5.66. The van der Waals surface area contributed by atoms with Crippen LogP contribution in [-0.2, 0) is 9.53 Å². The van der Waals surface area contributed by atoms with Crippen LogP contribution in [0.3, 0.4) is 0 Å². The highest BCUT2D eigenvalue weighted by Crippen LogP contribution is 2.10. The maximum Gasteiger partial charge on any atom is 0.251 e. The van der Waals surface area contributed by atoms with Crippen molar-refractivity contribution in [2.45, 2.75) is 32.5 Å². The first kappa shape index (κ1) is 19.9. The van der Waals surface area contributed by atoms with Gasteiger partial charge in [-0.3, -0.25) is 14.5 Å². The Balaban J connectivity index is 1.59. The molecule has 1 aromatic carbocycles. The lowest BCUT2D eigenvalue weighted by molar-refractivity contribution is -0.121. The van der Waals surface area contributed by atoms with Crippen LogP contribution in [0.15, 0.2) is 28.7 Å². The second kappa shape index (κ2) is 9.89. The van der Waals surface area contributed by atoms with Gasteiger partial charge in [-0.05, 0) is 38.1 Å². The van der Waals surface area contributed by atoms with E-state index in [4.69, 9.17) is 4.74 Å². The summed E-state index contributed by atoms with van der Waals surface area (Å²) in [4.78, 5) is 26.1. The minimum Gasteiger partial charge on any atom is -0.373 e. The molecule has 1 aromatic rings. The molecule has 0 saturated carbocycles. The summed E-state index contributed by atoms with van der Waals surface area (Å²) in [6.45, 7) is 7.66. The van der Waals surface area contributed by atoms with Crippen molar-refractivity contribution in [2.24, 2.45) is 0 Å². The molecular weight excluding hydrogens is 386 g/mol. The SMILES string of the molecule is CC1CN(CCNC(=O)CCNC(=O)c2ccc(Br)cc2)CC(C)O1. The van der Waals surface area contributed by atoms with E-state index >= 15 is 0 Å². The first-order valence-corrected chi connectivity index (χ1v) is 9.41. The number of carbonyl (C=O) groups is 2. The third-order valence-electron chi connectivity index (χ3n) is 3.99. The highest BCUT2D eigenvalue weighted by molar-refractivity contribution is 9.10. The van der Waals surface area contributed by atoms with E-state index in [1.165, 1.54) is 0 Å². The van der Waals surface area contributed by atoms with Gasteiger partial charge in [0.1, 0.15) is 0 Å². The standard InChI is InChI=1S/C18H26BrN3O3/c1-13-11-22(12-14(2)25-13)10-9-20-17(23)7-8-21-18(24)15-3-5-16(19)6-4-15/h3-6,13-14H,7-12H2,1-2H3,(H,20,23)(H,21,24). The average Bonchev–Trinajstić information content (AvgIpc) is 2.54. The molecule has 2 amide bonds. The molecule has 2 atom stereocenters. The van der Waals surface area contributed by atoms with Gasteiger partial charge in [0.05, 0.1) is 12.2 Å². The average molecular weight is 412 g/mol. The Morgan fingerprint density at radius 3 is 2.40 bits per heavy atom. The second-order valence-corrected chi connectivity index (χ2v) is 7.30. The number of nitrogens with zero attached hydrogens (tertiary/aromatic N) is 1. The first-order chi connectivity index (χ1) is 11.9. The molecule has 1 fully saturated rings. The van der Waals surface area contributed by atoms with E-state index < -0.39 is 0 Å². The van der Waals surface area contributed by atoms with Gasteiger partial charge in [-0.2, -0.15) is 0 Å². The molecule has 6 nitrogen and oxygen atoms in total. The van der Waals surface area contributed by atoms with E-state index in [0.717, 1.165) is 24.1 Å². The Bertz CT molecular complexity index is 569. The fourth-order valence-corrected chi connectivity index (χ4v) is 3.17. The van der Waals surface area contributed by atoms with Crippen molar-refractivity contribution >= 4 is 27.7 Å². The summed E-state index contributed by atoms with van der Waals surface area (Å²) in [6, 6.07) is 7.11. The van der Waals surface area contributed by atoms with Gasteiger partial charge in [0, 0.05) is 49.2 Å². The van der Waals surface area contributed by atoms with E-state index in [0.29, 0.717) is 18.7 Å². The number of halogens is 1. The van der Waals surface area contributed by atoms with Crippen LogP contribution in [0.1, 0.15) is 30.6 Å². The zero-order valence-electron chi connectivity index (χ0n) is 14.8. The van der Waals surface area contributed by atoms with E-state index in [-0.39, 0.29) is 30.4 Å². The van der Waals surface area contributed by atoms with Crippen LogP contribution in [0.25, 0.3) is 0 Å². The molecule has 0 aromatic heterocycles. The maximum absolute atomic E-state index is 11.9. The van der Waals surface area contributed by atoms with Crippen LogP contribution in [0, 0.1) is 0 Å². The lowest BCUT2D eigenvalue weighted by Gasteiger charge is -2.35. The lowest BCUT2D eigenvalue weighted by Crippen LogP contribution is -2.48. The smallest absolute Gasteiger partial charge is 0.251 e. The van der Waals surface area contributed by atoms with Crippen molar-refractivity contribution in [3.8, 4) is 0 Å². The molecule has 0 spiro atoms. The van der Waals surface area contributed by atoms with Gasteiger partial charge in [0.25, 0.3) is 5.91 Å². The fourth-order valence-electron chi connectivity index (χ4n) is 2.90. The molecule has 1 aliphatic rings. The predicted molar refractivity (Wildman–Crippen MR) is 101 cm³/mol. The summed E-state index contributed by atoms with van der Waals surface area (Å²) in [5.41, 5.74) is 0.583. The van der Waals surface area contributed by atoms with Crippen LogP contribution in [-0.4, -0.2) is 61.6 Å². The summed E-state index contributed by atoms with van der Waals surface area (Å²) in [7, 11) is 0. The molecule has 0 radical (unpaired) electrons. The Hall–Kier alpha value is -1.44. The van der Waals surface area contributed by atoms with Crippen molar-refractivity contribution in [1.82, 2.24) is 15.5 Å². The van der Waals surface area contributed by atoms with Crippen LogP contribution in [0.2, 0.25) is 0 Å². The Morgan fingerprint density at radius 2 is 1.76 bits per heavy atom. The molecule has 2 unspecified atom stereocenters. The zero-order valence-corrected chi connectivity index (χ0v) is 16.3. The fraction of sp³-hybridized carbons (Fsp3) is 0.556. The quantitative estimate of drug-likeness (QED) is 0.717. The largest absolute Gasteiger partial charge is 0.373 e. The van der Waals surface area contributed by atoms with Crippen molar-refractivity contribution in [2.75, 3.05) is 32.7 Å². The third kappa shape index (κ3) is 7.13. The summed E-state index contributed by atoms with van der Waals surface area (Å²) < 4.78 is 6.61. The van der Waals surface area contributed by atoms with E-state index in [2.05, 4.69) is 45.3 Å². The first-order valence-electron chi connectivity index (χ1n) is 8.62. The number of rotatable bonds is 7. The van der Waals surface area contributed by atoms with Gasteiger partial charge >= 0.3 is 0 Å². The van der Waals surface area contributed by atoms with Crippen LogP contribution in [0.4, 0.5) is 0 Å². The molecule has 0 bridgehead atoms. The zero-order chi connectivity index (χ0) is 18.2. The van der Waals surface area contributed by atoms with Crippen molar-refractivity contribution in [3.63, 3.8) is 0 Å². The lowest BCUT2D eigenvalue weighted by atomic mass is 10.2. The van der Waals surface area contributed by atoms with Crippen molar-refractivity contribution < 1.29 is 14.3 Å². The Kier molecular flexibility index (Phi) is 7.87. The number of hydrogen-bond acceptors (Lipinski definition) is 4. The van der Waals surface area contributed by atoms with Gasteiger partial charge in [0.15, 0.2) is 0 Å². The molecule has 2 N–H and O–H groups in total. The van der Waals surface area contributed by atoms with Gasteiger partial charge in [0.2, 0.25) is 5.91 Å². The normalized spacial score (nSPS) is 20.9. The molecule has 7 heteroatoms. The number of morpholine rings is 1. The second-order valence-electron chi connectivity index (χ2n) is 6.38. The van der Waals surface area contributed by atoms with Crippen molar-refractivity contribution in [3.05, 3.63) is 34.3 Å². The minimum atomic E-state index is -0.170.